The van der Waals surface area contributed by atoms with Crippen LogP contribution in [0.4, 0.5) is 5.69 Å². The molecule has 2 amide bonds. The van der Waals surface area contributed by atoms with E-state index in [0.29, 0.717) is 25.7 Å². The molecule has 0 spiro atoms. The maximum absolute atomic E-state index is 12.6. The molecule has 1 unspecified atom stereocenters. The van der Waals surface area contributed by atoms with Crippen LogP contribution in [0, 0.1) is 11.3 Å². The van der Waals surface area contributed by atoms with E-state index >= 15 is 0 Å². The van der Waals surface area contributed by atoms with E-state index in [0.717, 1.165) is 47.2 Å². The van der Waals surface area contributed by atoms with Crippen LogP contribution >= 0.6 is 0 Å². The number of hydrogen-bond donors (Lipinski definition) is 3. The maximum atomic E-state index is 12.6. The van der Waals surface area contributed by atoms with Gasteiger partial charge >= 0.3 is 0 Å². The van der Waals surface area contributed by atoms with E-state index in [4.69, 9.17) is 5.73 Å². The fourth-order valence-corrected chi connectivity index (χ4v) is 4.30. The van der Waals surface area contributed by atoms with Gasteiger partial charge in [0.1, 0.15) is 6.04 Å². The number of amides is 2. The Kier molecular flexibility index (Phi) is 5.56. The number of hydrogen-bond acceptors (Lipinski definition) is 4. The number of carbonyl (C=O) groups is 2. The summed E-state index contributed by atoms with van der Waals surface area (Å²) in [6.45, 7) is 0. The summed E-state index contributed by atoms with van der Waals surface area (Å²) in [5.74, 6) is -0.194. The summed E-state index contributed by atoms with van der Waals surface area (Å²) in [6, 6.07) is 15.5. The smallest absolute Gasteiger partial charge is 0.241 e. The number of nitriles is 1. The van der Waals surface area contributed by atoms with Gasteiger partial charge in [0.05, 0.1) is 18.0 Å². The van der Waals surface area contributed by atoms with Crippen molar-refractivity contribution in [2.45, 2.75) is 56.5 Å². The Morgan fingerprint density at radius 3 is 2.53 bits per heavy atom. The van der Waals surface area contributed by atoms with Gasteiger partial charge in [-0.05, 0) is 41.2 Å². The maximum Gasteiger partial charge on any atom is 0.241 e. The number of fused-ring (bicyclic) bond motifs is 1. The summed E-state index contributed by atoms with van der Waals surface area (Å²) in [5, 5.41) is 15.2. The lowest BCUT2D eigenvalue weighted by molar-refractivity contribution is -0.127. The molecular weight excluding hydrogens is 376 g/mol. The number of anilines is 1. The van der Waals surface area contributed by atoms with E-state index < -0.39 is 11.6 Å². The van der Waals surface area contributed by atoms with Crippen LogP contribution in [0.25, 0.3) is 11.1 Å². The SMILES string of the molecule is N#CC(Cc1ccc(-c2ccc3c(c2)NC(=O)C3)cc1)NC(=O)C1(N)CCCCC1. The highest BCUT2D eigenvalue weighted by molar-refractivity contribution is 6.00. The highest BCUT2D eigenvalue weighted by Crippen LogP contribution is 2.30. The van der Waals surface area contributed by atoms with Crippen LogP contribution in [0.1, 0.15) is 43.2 Å². The van der Waals surface area contributed by atoms with Gasteiger partial charge in [-0.15, -0.1) is 0 Å². The summed E-state index contributed by atoms with van der Waals surface area (Å²) in [7, 11) is 0. The van der Waals surface area contributed by atoms with Gasteiger partial charge in [0.15, 0.2) is 0 Å². The van der Waals surface area contributed by atoms with Gasteiger partial charge in [0, 0.05) is 12.1 Å². The van der Waals surface area contributed by atoms with Crippen molar-refractivity contribution in [2.24, 2.45) is 5.73 Å². The predicted octanol–water partition coefficient (Wildman–Crippen LogP) is 3.06. The second kappa shape index (κ2) is 8.29. The Hall–Kier alpha value is -3.17. The van der Waals surface area contributed by atoms with Crippen molar-refractivity contribution < 1.29 is 9.59 Å². The third-order valence-electron chi connectivity index (χ3n) is 6.12. The van der Waals surface area contributed by atoms with Crippen molar-refractivity contribution in [3.05, 3.63) is 53.6 Å². The van der Waals surface area contributed by atoms with Crippen molar-refractivity contribution in [2.75, 3.05) is 5.32 Å². The molecule has 0 aromatic heterocycles. The fourth-order valence-electron chi connectivity index (χ4n) is 4.30. The van der Waals surface area contributed by atoms with Gasteiger partial charge in [-0.1, -0.05) is 55.7 Å². The van der Waals surface area contributed by atoms with E-state index in [1.807, 2.05) is 42.5 Å². The van der Waals surface area contributed by atoms with Gasteiger partial charge in [-0.25, -0.2) is 0 Å². The van der Waals surface area contributed by atoms with Crippen molar-refractivity contribution in [3.63, 3.8) is 0 Å². The molecule has 1 atom stereocenters. The lowest BCUT2D eigenvalue weighted by Gasteiger charge is -2.32. The van der Waals surface area contributed by atoms with Crippen molar-refractivity contribution >= 4 is 17.5 Å². The van der Waals surface area contributed by atoms with E-state index in [-0.39, 0.29) is 11.8 Å². The molecule has 1 aliphatic carbocycles. The molecule has 6 heteroatoms. The summed E-state index contributed by atoms with van der Waals surface area (Å²) in [5.41, 5.74) is 10.3. The molecule has 0 saturated heterocycles. The first kappa shape index (κ1) is 20.1. The Morgan fingerprint density at radius 1 is 1.13 bits per heavy atom. The monoisotopic (exact) mass is 402 g/mol. The minimum atomic E-state index is -0.847. The first-order valence-electron chi connectivity index (χ1n) is 10.5. The molecule has 1 aliphatic heterocycles. The Morgan fingerprint density at radius 2 is 1.83 bits per heavy atom. The van der Waals surface area contributed by atoms with Crippen LogP contribution in [0.5, 0.6) is 0 Å². The number of rotatable bonds is 5. The van der Waals surface area contributed by atoms with Crippen LogP contribution in [-0.2, 0) is 22.4 Å². The molecule has 2 aromatic rings. The Balaban J connectivity index is 1.41. The fraction of sp³-hybridized carbons (Fsp3) is 0.375. The second-order valence-electron chi connectivity index (χ2n) is 8.37. The molecule has 30 heavy (non-hydrogen) atoms. The summed E-state index contributed by atoms with van der Waals surface area (Å²) in [4.78, 5) is 24.2. The molecule has 4 rings (SSSR count). The van der Waals surface area contributed by atoms with Gasteiger partial charge < -0.3 is 16.4 Å². The van der Waals surface area contributed by atoms with Crippen LogP contribution in [0.3, 0.4) is 0 Å². The van der Waals surface area contributed by atoms with Crippen LogP contribution in [-0.4, -0.2) is 23.4 Å². The van der Waals surface area contributed by atoms with Gasteiger partial charge in [-0.2, -0.15) is 5.26 Å². The summed E-state index contributed by atoms with van der Waals surface area (Å²) < 4.78 is 0. The first-order valence-corrected chi connectivity index (χ1v) is 10.5. The van der Waals surface area contributed by atoms with E-state index in [1.54, 1.807) is 0 Å². The molecule has 1 heterocycles. The molecule has 6 nitrogen and oxygen atoms in total. The van der Waals surface area contributed by atoms with Gasteiger partial charge in [-0.3, -0.25) is 9.59 Å². The van der Waals surface area contributed by atoms with Gasteiger partial charge in [0.2, 0.25) is 11.8 Å². The highest BCUT2D eigenvalue weighted by Gasteiger charge is 2.36. The highest BCUT2D eigenvalue weighted by atomic mass is 16.2. The van der Waals surface area contributed by atoms with Gasteiger partial charge in [0.25, 0.3) is 0 Å². The zero-order valence-electron chi connectivity index (χ0n) is 16.9. The molecule has 1 fully saturated rings. The molecule has 2 aliphatic rings. The summed E-state index contributed by atoms with van der Waals surface area (Å²) in [6.07, 6.45) is 5.22. The number of nitrogens with two attached hydrogens (primary N) is 1. The molecule has 1 saturated carbocycles. The first-order chi connectivity index (χ1) is 14.5. The third-order valence-corrected chi connectivity index (χ3v) is 6.12. The predicted molar refractivity (Wildman–Crippen MR) is 115 cm³/mol. The van der Waals surface area contributed by atoms with E-state index in [2.05, 4.69) is 16.7 Å². The number of nitrogens with one attached hydrogen (secondary N) is 2. The standard InChI is InChI=1S/C24H26N4O2/c25-15-20(27-23(30)24(26)10-2-1-3-11-24)12-16-4-6-17(7-5-16)18-8-9-19-14-22(29)28-21(19)13-18/h4-9,13,20H,1-3,10-12,14,26H2,(H,27,30)(H,28,29). The number of nitrogens with zero attached hydrogens (tertiary/aromatic N) is 1. The van der Waals surface area contributed by atoms with Crippen molar-refractivity contribution in [1.82, 2.24) is 5.32 Å². The second-order valence-corrected chi connectivity index (χ2v) is 8.37. The topological polar surface area (TPSA) is 108 Å². The zero-order chi connectivity index (χ0) is 21.1. The molecular formula is C24H26N4O2. The molecule has 4 N–H and O–H groups in total. The van der Waals surface area contributed by atoms with Crippen molar-refractivity contribution in [1.29, 1.82) is 5.26 Å². The van der Waals surface area contributed by atoms with E-state index in [1.165, 1.54) is 0 Å². The zero-order valence-corrected chi connectivity index (χ0v) is 16.9. The van der Waals surface area contributed by atoms with Crippen LogP contribution < -0.4 is 16.4 Å². The summed E-state index contributed by atoms with van der Waals surface area (Å²) >= 11 is 0. The lowest BCUT2D eigenvalue weighted by Crippen LogP contribution is -2.57. The van der Waals surface area contributed by atoms with Crippen LogP contribution in [0.15, 0.2) is 42.5 Å². The lowest BCUT2D eigenvalue weighted by atomic mass is 9.81. The third kappa shape index (κ3) is 4.22. The minimum absolute atomic E-state index is 0.0228. The van der Waals surface area contributed by atoms with Crippen LogP contribution in [0.2, 0.25) is 0 Å². The Bertz CT molecular complexity index is 1000. The average Bonchev–Trinajstić information content (AvgIpc) is 3.13. The molecule has 2 aromatic carbocycles. The van der Waals surface area contributed by atoms with Crippen molar-refractivity contribution in [3.8, 4) is 17.2 Å². The average molecular weight is 402 g/mol. The molecule has 0 radical (unpaired) electrons. The Labute approximate surface area is 176 Å². The largest absolute Gasteiger partial charge is 0.338 e. The molecule has 0 bridgehead atoms. The quantitative estimate of drug-likeness (QED) is 0.714. The van der Waals surface area contributed by atoms with E-state index in [9.17, 15) is 14.9 Å². The normalized spacial score (nSPS) is 18.1. The minimum Gasteiger partial charge on any atom is -0.338 e. The number of carbonyl (C=O) groups excluding carboxylic acids is 2. The molecule has 154 valence electrons. The number of benzene rings is 2.